The largest absolute Gasteiger partial charge is 0.493 e. The van der Waals surface area contributed by atoms with Gasteiger partial charge in [-0.15, -0.1) is 0 Å². The van der Waals surface area contributed by atoms with E-state index in [0.717, 1.165) is 4.68 Å². The summed E-state index contributed by atoms with van der Waals surface area (Å²) in [5.41, 5.74) is 0.161. The van der Waals surface area contributed by atoms with Gasteiger partial charge in [0.1, 0.15) is 0 Å². The van der Waals surface area contributed by atoms with Crippen molar-refractivity contribution < 1.29 is 24.2 Å². The molecule has 1 heterocycles. The van der Waals surface area contributed by atoms with Crippen molar-refractivity contribution in [3.8, 4) is 11.5 Å². The molecule has 0 saturated heterocycles. The van der Waals surface area contributed by atoms with Gasteiger partial charge in [-0.2, -0.15) is 9.78 Å². The molecule has 7 nitrogen and oxygen atoms in total. The first-order chi connectivity index (χ1) is 8.99. The van der Waals surface area contributed by atoms with Crippen molar-refractivity contribution >= 4 is 22.8 Å². The van der Waals surface area contributed by atoms with Gasteiger partial charge in [-0.05, 0) is 6.07 Å². The van der Waals surface area contributed by atoms with Gasteiger partial charge in [0, 0.05) is 18.4 Å². The van der Waals surface area contributed by atoms with Gasteiger partial charge in [0.2, 0.25) is 5.91 Å². The van der Waals surface area contributed by atoms with Crippen LogP contribution in [0.2, 0.25) is 0 Å². The molecule has 0 unspecified atom stereocenters. The lowest BCUT2D eigenvalue weighted by Crippen LogP contribution is -2.08. The van der Waals surface area contributed by atoms with E-state index in [1.165, 1.54) is 33.3 Å². The number of hydrogen-bond acceptors (Lipinski definition) is 5. The van der Waals surface area contributed by atoms with Crippen LogP contribution in [-0.2, 0) is 0 Å². The van der Waals surface area contributed by atoms with E-state index in [1.54, 1.807) is 0 Å². The minimum atomic E-state index is -1.21. The van der Waals surface area contributed by atoms with Crippen LogP contribution in [0.3, 0.4) is 0 Å². The molecule has 0 radical (unpaired) electrons. The standard InChI is InChI=1S/C12H12N2O5/c1-6(15)14-8-5-10(19-3)9(18-2)4-7(8)11(13-14)12(16)17/h4-5H,1-3H3,(H,16,17). The molecule has 0 aliphatic carbocycles. The second-order valence-electron chi connectivity index (χ2n) is 3.81. The molecule has 0 aliphatic rings. The molecule has 0 aliphatic heterocycles. The number of carbonyl (C=O) groups is 2. The van der Waals surface area contributed by atoms with Gasteiger partial charge in [0.15, 0.2) is 17.2 Å². The third-order valence-electron chi connectivity index (χ3n) is 2.69. The number of carbonyl (C=O) groups excluding carboxylic acids is 1. The van der Waals surface area contributed by atoms with E-state index in [1.807, 2.05) is 0 Å². The first-order valence-electron chi connectivity index (χ1n) is 5.38. The van der Waals surface area contributed by atoms with Crippen molar-refractivity contribution in [1.29, 1.82) is 0 Å². The number of hydrogen-bond donors (Lipinski definition) is 1. The molecule has 2 rings (SSSR count). The summed E-state index contributed by atoms with van der Waals surface area (Å²) in [6.07, 6.45) is 0. The van der Waals surface area contributed by atoms with Crippen LogP contribution >= 0.6 is 0 Å². The average Bonchev–Trinajstić information content (AvgIpc) is 2.75. The zero-order valence-electron chi connectivity index (χ0n) is 10.6. The highest BCUT2D eigenvalue weighted by atomic mass is 16.5. The number of fused-ring (bicyclic) bond motifs is 1. The smallest absolute Gasteiger partial charge is 0.357 e. The predicted octanol–water partition coefficient (Wildman–Crippen LogP) is 1.41. The topological polar surface area (TPSA) is 90.6 Å². The molecule has 0 amide bonds. The fourth-order valence-corrected chi connectivity index (χ4v) is 1.84. The highest BCUT2D eigenvalue weighted by molar-refractivity contribution is 6.04. The monoisotopic (exact) mass is 264 g/mol. The summed E-state index contributed by atoms with van der Waals surface area (Å²) in [5, 5.41) is 13.2. The maximum Gasteiger partial charge on any atom is 0.357 e. The first kappa shape index (κ1) is 12.9. The first-order valence-corrected chi connectivity index (χ1v) is 5.38. The van der Waals surface area contributed by atoms with Crippen LogP contribution in [0.25, 0.3) is 10.9 Å². The van der Waals surface area contributed by atoms with E-state index < -0.39 is 5.97 Å². The highest BCUT2D eigenvalue weighted by Crippen LogP contribution is 2.33. The fourth-order valence-electron chi connectivity index (χ4n) is 1.84. The van der Waals surface area contributed by atoms with E-state index in [4.69, 9.17) is 14.6 Å². The number of aromatic carboxylic acids is 1. The van der Waals surface area contributed by atoms with Gasteiger partial charge < -0.3 is 14.6 Å². The average molecular weight is 264 g/mol. The maximum absolute atomic E-state index is 11.5. The summed E-state index contributed by atoms with van der Waals surface area (Å²) in [5.74, 6) is -0.822. The summed E-state index contributed by atoms with van der Waals surface area (Å²) >= 11 is 0. The normalized spacial score (nSPS) is 10.5. The molecule has 2 aromatic rings. The second kappa shape index (κ2) is 4.60. The molecule has 0 fully saturated rings. The van der Waals surface area contributed by atoms with Crippen LogP contribution < -0.4 is 9.47 Å². The highest BCUT2D eigenvalue weighted by Gasteiger charge is 2.21. The lowest BCUT2D eigenvalue weighted by atomic mass is 10.2. The summed E-state index contributed by atoms with van der Waals surface area (Å²) in [6.45, 7) is 1.30. The van der Waals surface area contributed by atoms with Gasteiger partial charge >= 0.3 is 5.97 Å². The molecule has 1 aromatic carbocycles. The molecule has 0 spiro atoms. The Hall–Kier alpha value is -2.57. The summed E-state index contributed by atoms with van der Waals surface area (Å²) in [4.78, 5) is 22.6. The van der Waals surface area contributed by atoms with Crippen molar-refractivity contribution in [2.75, 3.05) is 14.2 Å². The van der Waals surface area contributed by atoms with Crippen LogP contribution in [0.1, 0.15) is 22.2 Å². The number of benzene rings is 1. The molecule has 1 aromatic heterocycles. The van der Waals surface area contributed by atoms with Crippen LogP contribution in [0, 0.1) is 0 Å². The van der Waals surface area contributed by atoms with E-state index in [-0.39, 0.29) is 11.6 Å². The predicted molar refractivity (Wildman–Crippen MR) is 66.1 cm³/mol. The quantitative estimate of drug-likeness (QED) is 0.901. The van der Waals surface area contributed by atoms with Crippen molar-refractivity contribution in [1.82, 2.24) is 9.78 Å². The van der Waals surface area contributed by atoms with E-state index in [2.05, 4.69) is 5.10 Å². The molecular formula is C12H12N2O5. The number of carboxylic acid groups (broad SMARTS) is 1. The summed E-state index contributed by atoms with van der Waals surface area (Å²) in [7, 11) is 2.90. The van der Waals surface area contributed by atoms with Crippen molar-refractivity contribution in [2.24, 2.45) is 0 Å². The van der Waals surface area contributed by atoms with Gasteiger partial charge in [0.05, 0.1) is 19.7 Å². The minimum absolute atomic E-state index is 0.203. The molecule has 7 heteroatoms. The molecule has 0 bridgehead atoms. The Morgan fingerprint density at radius 1 is 1.21 bits per heavy atom. The van der Waals surface area contributed by atoms with Gasteiger partial charge in [-0.3, -0.25) is 4.79 Å². The Balaban J connectivity index is 2.86. The van der Waals surface area contributed by atoms with Crippen molar-refractivity contribution in [2.45, 2.75) is 6.92 Å². The SMILES string of the molecule is COc1cc2c(C(=O)O)nn(C(C)=O)c2cc1OC. The Morgan fingerprint density at radius 3 is 2.26 bits per heavy atom. The molecule has 19 heavy (non-hydrogen) atoms. The molecule has 0 atom stereocenters. The fraction of sp³-hybridized carbons (Fsp3) is 0.250. The van der Waals surface area contributed by atoms with E-state index in [9.17, 15) is 9.59 Å². The lowest BCUT2D eigenvalue weighted by molar-refractivity contribution is 0.0691. The van der Waals surface area contributed by atoms with Crippen molar-refractivity contribution in [3.63, 3.8) is 0 Å². The van der Waals surface area contributed by atoms with E-state index in [0.29, 0.717) is 22.4 Å². The Morgan fingerprint density at radius 2 is 1.79 bits per heavy atom. The van der Waals surface area contributed by atoms with Crippen LogP contribution in [0.15, 0.2) is 12.1 Å². The summed E-state index contributed by atoms with van der Waals surface area (Å²) < 4.78 is 11.3. The zero-order chi connectivity index (χ0) is 14.2. The molecular weight excluding hydrogens is 252 g/mol. The van der Waals surface area contributed by atoms with Crippen molar-refractivity contribution in [3.05, 3.63) is 17.8 Å². The van der Waals surface area contributed by atoms with Gasteiger partial charge in [-0.1, -0.05) is 0 Å². The maximum atomic E-state index is 11.5. The van der Waals surface area contributed by atoms with E-state index >= 15 is 0 Å². The summed E-state index contributed by atoms with van der Waals surface area (Å²) in [6, 6.07) is 3.01. The zero-order valence-corrected chi connectivity index (χ0v) is 10.6. The second-order valence-corrected chi connectivity index (χ2v) is 3.81. The number of nitrogens with zero attached hydrogens (tertiary/aromatic N) is 2. The number of aromatic nitrogens is 2. The lowest BCUT2D eigenvalue weighted by Gasteiger charge is -2.07. The Bertz CT molecular complexity index is 618. The van der Waals surface area contributed by atoms with Crippen LogP contribution in [-0.4, -0.2) is 41.0 Å². The number of methoxy groups -OCH3 is 2. The van der Waals surface area contributed by atoms with Gasteiger partial charge in [-0.25, -0.2) is 4.79 Å². The molecule has 0 saturated carbocycles. The molecule has 100 valence electrons. The van der Waals surface area contributed by atoms with Gasteiger partial charge in [0.25, 0.3) is 0 Å². The van der Waals surface area contributed by atoms with Crippen LogP contribution in [0.5, 0.6) is 11.5 Å². The number of carboxylic acids is 1. The Labute approximate surface area is 108 Å². The number of rotatable bonds is 3. The number of ether oxygens (including phenoxy) is 2. The van der Waals surface area contributed by atoms with Crippen LogP contribution in [0.4, 0.5) is 0 Å². The third kappa shape index (κ3) is 1.99. The third-order valence-corrected chi connectivity index (χ3v) is 2.69. The minimum Gasteiger partial charge on any atom is -0.493 e. The Kier molecular flexibility index (Phi) is 3.12. The molecule has 1 N–H and O–H groups in total.